The van der Waals surface area contributed by atoms with Gasteiger partial charge in [-0.15, -0.1) is 0 Å². The summed E-state index contributed by atoms with van der Waals surface area (Å²) in [5.41, 5.74) is -1.08. The normalized spacial score (nSPS) is 28.9. The van der Waals surface area contributed by atoms with Gasteiger partial charge in [-0.3, -0.25) is 4.79 Å². The van der Waals surface area contributed by atoms with Crippen molar-refractivity contribution in [3.8, 4) is 5.75 Å². The van der Waals surface area contributed by atoms with Crippen LogP contribution in [0.1, 0.15) is 11.5 Å². The number of carboxylic acid groups (broad SMARTS) is 1. The highest BCUT2D eigenvalue weighted by molar-refractivity contribution is 7.91. The summed E-state index contributed by atoms with van der Waals surface area (Å²) in [5.74, 6) is -1.45. The Morgan fingerprint density at radius 2 is 1.90 bits per heavy atom. The average molecular weight is 300 g/mol. The van der Waals surface area contributed by atoms with Crippen LogP contribution in [0.2, 0.25) is 0 Å². The Kier molecular flexibility index (Phi) is 3.51. The Labute approximate surface area is 116 Å². The van der Waals surface area contributed by atoms with Crippen LogP contribution in [0, 0.1) is 5.41 Å². The first-order chi connectivity index (χ1) is 9.29. The third kappa shape index (κ3) is 2.06. The quantitative estimate of drug-likeness (QED) is 0.809. The van der Waals surface area contributed by atoms with E-state index in [9.17, 15) is 23.4 Å². The molecule has 2 N–H and O–H groups in total. The largest absolute Gasteiger partial charge is 0.497 e. The summed E-state index contributed by atoms with van der Waals surface area (Å²) in [7, 11) is -2.08. The molecule has 6 nitrogen and oxygen atoms in total. The fraction of sp³-hybridized carbons (Fsp3) is 0.462. The van der Waals surface area contributed by atoms with E-state index >= 15 is 0 Å². The number of aliphatic hydroxyl groups excluding tert-OH is 1. The molecule has 0 amide bonds. The van der Waals surface area contributed by atoms with Crippen molar-refractivity contribution in [2.45, 2.75) is 11.2 Å². The molecule has 20 heavy (non-hydrogen) atoms. The Balaban J connectivity index is 2.46. The van der Waals surface area contributed by atoms with Crippen LogP contribution in [0.25, 0.3) is 0 Å². The lowest BCUT2D eigenvalue weighted by Gasteiger charge is -2.08. The third-order valence-electron chi connectivity index (χ3n) is 3.85. The molecule has 0 radical (unpaired) electrons. The fourth-order valence-electron chi connectivity index (χ4n) is 2.83. The van der Waals surface area contributed by atoms with E-state index in [4.69, 9.17) is 4.74 Å². The van der Waals surface area contributed by atoms with Crippen molar-refractivity contribution in [1.82, 2.24) is 0 Å². The monoisotopic (exact) mass is 300 g/mol. The number of ether oxygens (including phenoxy) is 1. The number of carbonyl (C=O) groups is 1. The molecule has 2 rings (SSSR count). The smallest absolute Gasteiger partial charge is 0.314 e. The molecule has 0 bridgehead atoms. The maximum Gasteiger partial charge on any atom is 0.314 e. The van der Waals surface area contributed by atoms with Gasteiger partial charge >= 0.3 is 5.97 Å². The van der Waals surface area contributed by atoms with Crippen molar-refractivity contribution in [2.75, 3.05) is 20.0 Å². The van der Waals surface area contributed by atoms with Gasteiger partial charge in [0, 0.05) is 12.2 Å². The molecule has 0 aliphatic heterocycles. The number of aliphatic hydroxyl groups is 1. The first-order valence-electron chi connectivity index (χ1n) is 5.96. The number of sulfone groups is 1. The highest BCUT2D eigenvalue weighted by Gasteiger charge is 2.74. The number of methoxy groups -OCH3 is 1. The molecule has 1 fully saturated rings. The van der Waals surface area contributed by atoms with E-state index in [1.54, 1.807) is 24.3 Å². The molecular weight excluding hydrogens is 284 g/mol. The van der Waals surface area contributed by atoms with Crippen LogP contribution in [0.15, 0.2) is 24.3 Å². The summed E-state index contributed by atoms with van der Waals surface area (Å²) in [6, 6.07) is 6.53. The molecule has 3 atom stereocenters. The van der Waals surface area contributed by atoms with E-state index in [0.29, 0.717) is 11.3 Å². The molecule has 0 aromatic heterocycles. The number of aliphatic carboxylic acids is 1. The molecule has 1 aromatic rings. The standard InChI is InChI=1S/C13H16O6S/c1-19-9-5-3-8(4-6-9)10-11(20(2,17)18)13(10,7-14)12(15)16/h3-6,10-11,14H,7H2,1-2H3,(H,15,16)/t10-,11-,13-/m1/s1. The molecular formula is C13H16O6S. The maximum absolute atomic E-state index is 11.8. The molecule has 1 aliphatic rings. The number of rotatable bonds is 5. The van der Waals surface area contributed by atoms with Gasteiger partial charge in [-0.25, -0.2) is 8.42 Å². The predicted octanol–water partition coefficient (Wildman–Crippen LogP) is 0.269. The summed E-state index contributed by atoms with van der Waals surface area (Å²) in [6.07, 6.45) is 0.995. The van der Waals surface area contributed by atoms with Gasteiger partial charge in [0.05, 0.1) is 19.0 Å². The molecule has 0 heterocycles. The van der Waals surface area contributed by atoms with Crippen molar-refractivity contribution >= 4 is 15.8 Å². The van der Waals surface area contributed by atoms with E-state index in [0.717, 1.165) is 6.26 Å². The second kappa shape index (κ2) is 4.75. The third-order valence-corrected chi connectivity index (χ3v) is 5.47. The lowest BCUT2D eigenvalue weighted by molar-refractivity contribution is -0.145. The van der Waals surface area contributed by atoms with Crippen molar-refractivity contribution < 1.29 is 28.2 Å². The van der Waals surface area contributed by atoms with E-state index < -0.39 is 39.0 Å². The van der Waals surface area contributed by atoms with Gasteiger partial charge in [-0.2, -0.15) is 0 Å². The van der Waals surface area contributed by atoms with Gasteiger partial charge in [0.1, 0.15) is 11.2 Å². The topological polar surface area (TPSA) is 101 Å². The molecule has 0 unspecified atom stereocenters. The minimum Gasteiger partial charge on any atom is -0.497 e. The summed E-state index contributed by atoms with van der Waals surface area (Å²) < 4.78 is 28.6. The van der Waals surface area contributed by atoms with Gasteiger partial charge in [-0.1, -0.05) is 12.1 Å². The second-order valence-electron chi connectivity index (χ2n) is 5.00. The summed E-state index contributed by atoms with van der Waals surface area (Å²) >= 11 is 0. The molecule has 0 saturated heterocycles. The Bertz CT molecular complexity index is 621. The second-order valence-corrected chi connectivity index (χ2v) is 7.17. The number of carboxylic acids is 1. The molecule has 1 saturated carbocycles. The van der Waals surface area contributed by atoms with Crippen LogP contribution >= 0.6 is 0 Å². The van der Waals surface area contributed by atoms with Crippen LogP contribution in [0.4, 0.5) is 0 Å². The Hall–Kier alpha value is -1.60. The maximum atomic E-state index is 11.8. The zero-order chi connectivity index (χ0) is 15.1. The molecule has 1 aliphatic carbocycles. The fourth-order valence-corrected chi connectivity index (χ4v) is 4.73. The first-order valence-corrected chi connectivity index (χ1v) is 7.91. The van der Waals surface area contributed by atoms with Gasteiger partial charge in [0.15, 0.2) is 9.84 Å². The average Bonchev–Trinajstić information content (AvgIpc) is 3.09. The van der Waals surface area contributed by atoms with E-state index in [-0.39, 0.29) is 0 Å². The zero-order valence-corrected chi connectivity index (χ0v) is 11.9. The minimum atomic E-state index is -3.58. The number of hydrogen-bond acceptors (Lipinski definition) is 5. The lowest BCUT2D eigenvalue weighted by atomic mass is 10.00. The molecule has 0 spiro atoms. The molecule has 7 heteroatoms. The van der Waals surface area contributed by atoms with Crippen molar-refractivity contribution in [2.24, 2.45) is 5.41 Å². The Morgan fingerprint density at radius 3 is 2.20 bits per heavy atom. The lowest BCUT2D eigenvalue weighted by Crippen LogP contribution is -2.27. The van der Waals surface area contributed by atoms with Gasteiger partial charge in [0.25, 0.3) is 0 Å². The zero-order valence-electron chi connectivity index (χ0n) is 11.1. The number of hydrogen-bond donors (Lipinski definition) is 2. The van der Waals surface area contributed by atoms with Crippen LogP contribution in [-0.2, 0) is 14.6 Å². The Morgan fingerprint density at radius 1 is 1.35 bits per heavy atom. The van der Waals surface area contributed by atoms with Crippen LogP contribution < -0.4 is 4.74 Å². The van der Waals surface area contributed by atoms with Crippen LogP contribution in [0.5, 0.6) is 5.75 Å². The summed E-state index contributed by atoms with van der Waals surface area (Å²) in [6.45, 7) is -0.712. The van der Waals surface area contributed by atoms with Gasteiger partial charge in [0.2, 0.25) is 0 Å². The molecule has 110 valence electrons. The SMILES string of the molecule is COc1ccc([C@@H]2[C@@H](S(C)(=O)=O)[C@]2(CO)C(=O)O)cc1. The van der Waals surface area contributed by atoms with Gasteiger partial charge in [-0.05, 0) is 17.7 Å². The van der Waals surface area contributed by atoms with E-state index in [2.05, 4.69) is 0 Å². The summed E-state index contributed by atoms with van der Waals surface area (Å²) in [5, 5.41) is 17.6. The summed E-state index contributed by atoms with van der Waals surface area (Å²) in [4.78, 5) is 11.4. The minimum absolute atomic E-state index is 0.567. The van der Waals surface area contributed by atoms with Crippen molar-refractivity contribution in [3.63, 3.8) is 0 Å². The number of benzene rings is 1. The van der Waals surface area contributed by atoms with Crippen molar-refractivity contribution in [1.29, 1.82) is 0 Å². The highest BCUT2D eigenvalue weighted by atomic mass is 32.2. The van der Waals surface area contributed by atoms with Gasteiger partial charge < -0.3 is 14.9 Å². The first kappa shape index (κ1) is 14.8. The predicted molar refractivity (Wildman–Crippen MR) is 71.5 cm³/mol. The van der Waals surface area contributed by atoms with Crippen molar-refractivity contribution in [3.05, 3.63) is 29.8 Å². The van der Waals surface area contributed by atoms with E-state index in [1.165, 1.54) is 7.11 Å². The van der Waals surface area contributed by atoms with Crippen LogP contribution in [-0.4, -0.2) is 49.8 Å². The highest BCUT2D eigenvalue weighted by Crippen LogP contribution is 2.62. The van der Waals surface area contributed by atoms with E-state index in [1.807, 2.05) is 0 Å². The molecule has 1 aromatic carbocycles. The van der Waals surface area contributed by atoms with Crippen LogP contribution in [0.3, 0.4) is 0 Å².